The fraction of sp³-hybridized carbons (Fsp3) is 0.0909. The van der Waals surface area contributed by atoms with Crippen molar-refractivity contribution in [3.05, 3.63) is 45.1 Å². The first kappa shape index (κ1) is 12.9. The van der Waals surface area contributed by atoms with Crippen LogP contribution < -0.4 is 5.73 Å². The molecule has 1 aromatic heterocycles. The molecule has 2 aromatic rings. The van der Waals surface area contributed by atoms with Gasteiger partial charge in [-0.3, -0.25) is 10.1 Å². The molecule has 7 nitrogen and oxygen atoms in total. The number of rotatable bonds is 3. The number of nitro groups is 1. The Kier molecular flexibility index (Phi) is 3.35. The summed E-state index contributed by atoms with van der Waals surface area (Å²) in [5.74, 6) is 0.187. The van der Waals surface area contributed by atoms with Crippen molar-refractivity contribution in [2.75, 3.05) is 5.73 Å². The van der Waals surface area contributed by atoms with Gasteiger partial charge in [0.15, 0.2) is 0 Å². The third-order valence-corrected chi connectivity index (χ3v) is 2.75. The maximum absolute atomic E-state index is 11.0. The minimum atomic E-state index is -0.545. The monoisotopic (exact) mass is 277 g/mol. The molecule has 0 bridgehead atoms. The molecule has 0 atom stereocenters. The van der Waals surface area contributed by atoms with Gasteiger partial charge in [0, 0.05) is 16.7 Å². The Morgan fingerprint density at radius 3 is 2.95 bits per heavy atom. The van der Waals surface area contributed by atoms with Crippen LogP contribution in [0.2, 0.25) is 5.02 Å². The van der Waals surface area contributed by atoms with Gasteiger partial charge < -0.3 is 5.73 Å². The van der Waals surface area contributed by atoms with Crippen LogP contribution in [-0.2, 0) is 6.42 Å². The van der Waals surface area contributed by atoms with Crippen molar-refractivity contribution in [1.29, 1.82) is 5.26 Å². The van der Waals surface area contributed by atoms with E-state index in [0.717, 1.165) is 0 Å². The second-order valence-electron chi connectivity index (χ2n) is 3.69. The van der Waals surface area contributed by atoms with Gasteiger partial charge in [-0.05, 0) is 12.1 Å². The summed E-state index contributed by atoms with van der Waals surface area (Å²) in [5, 5.41) is 23.9. The number of nitrogen functional groups attached to an aromatic ring is 1. The highest BCUT2D eigenvalue weighted by Crippen LogP contribution is 2.28. The van der Waals surface area contributed by atoms with Crippen LogP contribution in [-0.4, -0.2) is 14.7 Å². The number of anilines is 1. The van der Waals surface area contributed by atoms with E-state index in [-0.39, 0.29) is 23.6 Å². The number of halogens is 1. The van der Waals surface area contributed by atoms with Gasteiger partial charge >= 0.3 is 0 Å². The second kappa shape index (κ2) is 4.96. The normalized spacial score (nSPS) is 10.1. The van der Waals surface area contributed by atoms with Crippen LogP contribution >= 0.6 is 11.6 Å². The Hall–Kier alpha value is -2.59. The van der Waals surface area contributed by atoms with E-state index in [2.05, 4.69) is 5.10 Å². The average molecular weight is 278 g/mol. The third kappa shape index (κ3) is 2.34. The van der Waals surface area contributed by atoms with Crippen LogP contribution in [0.3, 0.4) is 0 Å². The van der Waals surface area contributed by atoms with Crippen molar-refractivity contribution in [2.45, 2.75) is 6.42 Å². The van der Waals surface area contributed by atoms with Gasteiger partial charge in [-0.1, -0.05) is 11.6 Å². The molecule has 0 aliphatic carbocycles. The SMILES string of the molecule is N#CCc1cnn(-c2cc(Cl)ccc2[N+](=O)[O-])c1N. The average Bonchev–Trinajstić information content (AvgIpc) is 2.71. The van der Waals surface area contributed by atoms with Crippen LogP contribution in [0.25, 0.3) is 5.69 Å². The van der Waals surface area contributed by atoms with Gasteiger partial charge in [-0.2, -0.15) is 10.4 Å². The summed E-state index contributed by atoms with van der Waals surface area (Å²) in [4.78, 5) is 10.4. The lowest BCUT2D eigenvalue weighted by Crippen LogP contribution is -2.06. The van der Waals surface area contributed by atoms with Crippen molar-refractivity contribution < 1.29 is 4.92 Å². The van der Waals surface area contributed by atoms with Crippen molar-refractivity contribution in [1.82, 2.24) is 9.78 Å². The van der Waals surface area contributed by atoms with E-state index in [1.807, 2.05) is 6.07 Å². The molecule has 0 radical (unpaired) electrons. The molecule has 0 unspecified atom stereocenters. The van der Waals surface area contributed by atoms with E-state index in [4.69, 9.17) is 22.6 Å². The van der Waals surface area contributed by atoms with Gasteiger partial charge in [0.05, 0.1) is 23.6 Å². The molecule has 0 spiro atoms. The number of nitrogens with zero attached hydrogens (tertiary/aromatic N) is 4. The third-order valence-electron chi connectivity index (χ3n) is 2.52. The minimum absolute atomic E-state index is 0.0835. The molecule has 0 saturated carbocycles. The maximum atomic E-state index is 11.0. The molecule has 8 heteroatoms. The summed E-state index contributed by atoms with van der Waals surface area (Å²) in [5.41, 5.74) is 6.34. The molecule has 2 N–H and O–H groups in total. The first-order valence-corrected chi connectivity index (χ1v) is 5.56. The number of nitro benzene ring substituents is 1. The zero-order valence-electron chi connectivity index (χ0n) is 9.58. The molecular weight excluding hydrogens is 270 g/mol. The second-order valence-corrected chi connectivity index (χ2v) is 4.13. The zero-order chi connectivity index (χ0) is 14.0. The van der Waals surface area contributed by atoms with Crippen LogP contribution in [0.5, 0.6) is 0 Å². The standard InChI is InChI=1S/C11H8ClN5O2/c12-8-1-2-9(17(18)19)10(5-8)16-11(14)7(3-4-13)6-15-16/h1-2,5-6H,3,14H2. The first-order valence-electron chi connectivity index (χ1n) is 5.18. The van der Waals surface area contributed by atoms with Crippen LogP contribution in [0.1, 0.15) is 5.56 Å². The number of nitriles is 1. The number of hydrogen-bond donors (Lipinski definition) is 1. The van der Waals surface area contributed by atoms with Crippen LogP contribution in [0.4, 0.5) is 11.5 Å². The highest BCUT2D eigenvalue weighted by atomic mass is 35.5. The summed E-state index contributed by atoms with van der Waals surface area (Å²) in [6.45, 7) is 0. The minimum Gasteiger partial charge on any atom is -0.383 e. The lowest BCUT2D eigenvalue weighted by atomic mass is 10.2. The van der Waals surface area contributed by atoms with Crippen molar-refractivity contribution in [2.24, 2.45) is 0 Å². The van der Waals surface area contributed by atoms with Crippen molar-refractivity contribution in [3.8, 4) is 11.8 Å². The smallest absolute Gasteiger partial charge is 0.295 e. The van der Waals surface area contributed by atoms with Crippen LogP contribution in [0, 0.1) is 21.4 Å². The van der Waals surface area contributed by atoms with E-state index in [1.54, 1.807) is 0 Å². The highest BCUT2D eigenvalue weighted by Gasteiger charge is 2.19. The Labute approximate surface area is 113 Å². The summed E-state index contributed by atoms with van der Waals surface area (Å²) in [7, 11) is 0. The van der Waals surface area contributed by atoms with E-state index in [9.17, 15) is 10.1 Å². The Balaban J connectivity index is 2.62. The zero-order valence-corrected chi connectivity index (χ0v) is 10.3. The number of nitrogens with two attached hydrogens (primary N) is 1. The predicted octanol–water partition coefficient (Wildman–Crippen LogP) is 2.08. The molecular formula is C11H8ClN5O2. The number of aromatic nitrogens is 2. The molecule has 0 aliphatic rings. The molecule has 0 saturated heterocycles. The van der Waals surface area contributed by atoms with Crippen molar-refractivity contribution >= 4 is 23.1 Å². The van der Waals surface area contributed by atoms with Gasteiger partial charge in [0.1, 0.15) is 11.5 Å². The summed E-state index contributed by atoms with van der Waals surface area (Å²) >= 11 is 5.83. The molecule has 19 heavy (non-hydrogen) atoms. The predicted molar refractivity (Wildman–Crippen MR) is 69.0 cm³/mol. The van der Waals surface area contributed by atoms with Crippen LogP contribution in [0.15, 0.2) is 24.4 Å². The van der Waals surface area contributed by atoms with E-state index >= 15 is 0 Å². The summed E-state index contributed by atoms with van der Waals surface area (Å²) in [6.07, 6.45) is 1.49. The maximum Gasteiger partial charge on any atom is 0.295 e. The van der Waals surface area contributed by atoms with Gasteiger partial charge in [0.2, 0.25) is 0 Å². The number of hydrogen-bond acceptors (Lipinski definition) is 5. The Morgan fingerprint density at radius 1 is 1.58 bits per heavy atom. The quantitative estimate of drug-likeness (QED) is 0.682. The Bertz CT molecular complexity index is 689. The lowest BCUT2D eigenvalue weighted by Gasteiger charge is -2.06. The first-order chi connectivity index (χ1) is 9.04. The summed E-state index contributed by atoms with van der Waals surface area (Å²) < 4.78 is 1.21. The van der Waals surface area contributed by atoms with Crippen molar-refractivity contribution in [3.63, 3.8) is 0 Å². The topological polar surface area (TPSA) is 111 Å². The van der Waals surface area contributed by atoms with Gasteiger partial charge in [0.25, 0.3) is 5.69 Å². The molecule has 2 rings (SSSR count). The molecule has 1 heterocycles. The highest BCUT2D eigenvalue weighted by molar-refractivity contribution is 6.30. The largest absolute Gasteiger partial charge is 0.383 e. The molecule has 1 aromatic carbocycles. The van der Waals surface area contributed by atoms with Gasteiger partial charge in [-0.15, -0.1) is 0 Å². The van der Waals surface area contributed by atoms with E-state index in [1.165, 1.54) is 29.1 Å². The van der Waals surface area contributed by atoms with E-state index in [0.29, 0.717) is 10.6 Å². The molecule has 0 aliphatic heterocycles. The van der Waals surface area contributed by atoms with E-state index < -0.39 is 4.92 Å². The molecule has 96 valence electrons. The Morgan fingerprint density at radius 2 is 2.32 bits per heavy atom. The fourth-order valence-corrected chi connectivity index (χ4v) is 1.79. The fourth-order valence-electron chi connectivity index (χ4n) is 1.63. The lowest BCUT2D eigenvalue weighted by molar-refractivity contribution is -0.384. The number of benzene rings is 1. The van der Waals surface area contributed by atoms with Gasteiger partial charge in [-0.25, -0.2) is 4.68 Å². The molecule has 0 fully saturated rings. The summed E-state index contributed by atoms with van der Waals surface area (Å²) in [6, 6.07) is 6.04. The molecule has 0 amide bonds.